The monoisotopic (exact) mass is 547 g/mol. The molecule has 3 heteroatoms. The van der Waals surface area contributed by atoms with Crippen LogP contribution in [0.25, 0.3) is 27.6 Å². The summed E-state index contributed by atoms with van der Waals surface area (Å²) in [7, 11) is 0. The normalized spacial score (nSPS) is 15.4. The van der Waals surface area contributed by atoms with Crippen molar-refractivity contribution in [3.05, 3.63) is 121 Å². The summed E-state index contributed by atoms with van der Waals surface area (Å²) in [4.78, 5) is 4.45. The number of rotatable bonds is 2. The van der Waals surface area contributed by atoms with E-state index in [0.717, 1.165) is 17.7 Å². The number of hydrogen-bond donors (Lipinski definition) is 0. The van der Waals surface area contributed by atoms with Crippen molar-refractivity contribution in [1.29, 1.82) is 0 Å². The molecule has 0 saturated heterocycles. The van der Waals surface area contributed by atoms with Crippen molar-refractivity contribution >= 4 is 61.8 Å². The Morgan fingerprint density at radius 1 is 1.00 bits per heavy atom. The van der Waals surface area contributed by atoms with Crippen LogP contribution in [0.2, 0.25) is 0 Å². The second-order valence-electron chi connectivity index (χ2n) is 8.54. The summed E-state index contributed by atoms with van der Waals surface area (Å²) in [5.41, 5.74) is 6.51. The van der Waals surface area contributed by atoms with Crippen LogP contribution < -0.4 is 4.57 Å². The summed E-state index contributed by atoms with van der Waals surface area (Å²) >= 11 is 0. The molecule has 1 aliphatic carbocycles. The van der Waals surface area contributed by atoms with Crippen molar-refractivity contribution in [2.24, 2.45) is 0 Å². The molecule has 0 saturated carbocycles. The first-order valence-electron chi connectivity index (χ1n) is 12.8. The second-order valence-corrected chi connectivity index (χ2v) is 8.54. The average Bonchev–Trinajstić information content (AvgIpc) is 2.95. The molecule has 0 fully saturated rings. The Balaban J connectivity index is 0.000000183. The van der Waals surface area contributed by atoms with Gasteiger partial charge in [-0.25, -0.2) is 4.57 Å². The Morgan fingerprint density at radius 3 is 2.56 bits per heavy atom. The molecule has 0 amide bonds. The van der Waals surface area contributed by atoms with Gasteiger partial charge >= 0.3 is 45.5 Å². The van der Waals surface area contributed by atoms with Crippen molar-refractivity contribution < 1.29 is 4.57 Å². The summed E-state index contributed by atoms with van der Waals surface area (Å²) in [5.74, 6) is 1.58. The van der Waals surface area contributed by atoms with Crippen LogP contribution in [0.15, 0.2) is 103 Å². The average molecular weight is 547 g/mol. The maximum Gasteiger partial charge on any atom is 2.00 e. The molecule has 178 valence electrons. The number of pyridine rings is 2. The van der Waals surface area contributed by atoms with Crippen LogP contribution in [0.4, 0.5) is 0 Å². The van der Waals surface area contributed by atoms with E-state index in [2.05, 4.69) is 78.1 Å². The van der Waals surface area contributed by atoms with Crippen LogP contribution >= 0.6 is 0 Å². The Hall–Kier alpha value is -2.17. The third-order valence-corrected chi connectivity index (χ3v) is 6.66. The van der Waals surface area contributed by atoms with Crippen LogP contribution in [0.5, 0.6) is 0 Å². The SMILES string of the molecule is CC.CC[C-]1C2=C(CCC=C2)c2cccc[n+]2[C@@H]1C.[Sr+2].[c-]1ccccc1-c1nccc2ccccc12. The summed E-state index contributed by atoms with van der Waals surface area (Å²) in [6, 6.07) is 28.5. The van der Waals surface area contributed by atoms with Gasteiger partial charge in [0.05, 0.1) is 0 Å². The molecule has 6 rings (SSSR count). The fourth-order valence-corrected chi connectivity index (χ4v) is 5.03. The fraction of sp³-hybridized carbons (Fsp3) is 0.242. The van der Waals surface area contributed by atoms with Gasteiger partial charge in [-0.1, -0.05) is 75.9 Å². The van der Waals surface area contributed by atoms with Crippen molar-refractivity contribution in [3.63, 3.8) is 0 Å². The Bertz CT molecular complexity index is 1320. The third-order valence-electron chi connectivity index (χ3n) is 6.66. The predicted octanol–water partition coefficient (Wildman–Crippen LogP) is 7.98. The first kappa shape index (κ1) is 28.4. The zero-order valence-corrected chi connectivity index (χ0v) is 25.5. The van der Waals surface area contributed by atoms with Gasteiger partial charge in [-0.05, 0) is 35.5 Å². The maximum atomic E-state index is 4.45. The van der Waals surface area contributed by atoms with Gasteiger partial charge in [0, 0.05) is 12.3 Å². The van der Waals surface area contributed by atoms with E-state index in [1.807, 2.05) is 62.5 Å². The molecule has 36 heavy (non-hydrogen) atoms. The fourth-order valence-electron chi connectivity index (χ4n) is 5.03. The first-order valence-corrected chi connectivity index (χ1v) is 12.8. The number of aromatic nitrogens is 2. The summed E-state index contributed by atoms with van der Waals surface area (Å²) in [6.07, 6.45) is 12.2. The van der Waals surface area contributed by atoms with E-state index >= 15 is 0 Å². The van der Waals surface area contributed by atoms with Crippen LogP contribution in [0, 0.1) is 12.0 Å². The van der Waals surface area contributed by atoms with Crippen LogP contribution in [0.3, 0.4) is 0 Å². The molecule has 4 aromatic rings. The van der Waals surface area contributed by atoms with Crippen LogP contribution in [0.1, 0.15) is 58.7 Å². The van der Waals surface area contributed by atoms with Crippen LogP contribution in [-0.4, -0.2) is 50.5 Å². The molecule has 0 radical (unpaired) electrons. The third kappa shape index (κ3) is 6.03. The van der Waals surface area contributed by atoms with E-state index in [1.165, 1.54) is 34.9 Å². The number of fused-ring (bicyclic) bond motifs is 3. The molecule has 0 bridgehead atoms. The van der Waals surface area contributed by atoms with Crippen molar-refractivity contribution in [1.82, 2.24) is 4.98 Å². The summed E-state index contributed by atoms with van der Waals surface area (Å²) in [5, 5.41) is 2.39. The maximum absolute atomic E-state index is 4.45. The van der Waals surface area contributed by atoms with Gasteiger partial charge in [0.15, 0.2) is 11.9 Å². The zero-order valence-electron chi connectivity index (χ0n) is 22.0. The second kappa shape index (κ2) is 14.0. The Kier molecular flexibility index (Phi) is 11.0. The molecule has 0 unspecified atom stereocenters. The van der Waals surface area contributed by atoms with Gasteiger partial charge in [0.25, 0.3) is 0 Å². The Morgan fingerprint density at radius 2 is 1.78 bits per heavy atom. The van der Waals surface area contributed by atoms with E-state index in [9.17, 15) is 0 Å². The largest absolute Gasteiger partial charge is 2.00 e. The Labute approximate surface area is 254 Å². The minimum Gasteiger partial charge on any atom is -0.304 e. The number of benzene rings is 2. The van der Waals surface area contributed by atoms with Gasteiger partial charge in [-0.3, -0.25) is 0 Å². The first-order chi connectivity index (χ1) is 17.3. The molecule has 2 aromatic carbocycles. The van der Waals surface area contributed by atoms with Crippen LogP contribution in [-0.2, 0) is 0 Å². The van der Waals surface area contributed by atoms with E-state index < -0.39 is 0 Å². The number of nitrogens with zero attached hydrogens (tertiary/aromatic N) is 2. The standard InChI is InChI=1S/C16H19N.C15H10N.C2H6.Sr/c1-3-13-12(2)17-11-7-6-10-16(17)15-9-5-4-8-14(13)15;1-2-7-13(8-3-1)15-14-9-5-4-6-12(14)10-11-16-15;1-2;/h4,6-8,10-12H,3,5,9H2,1-2H3;1-7,9-11H;1-2H3;/q;-1;;+2/t12-;;;/m1.../s1. The molecule has 2 aromatic heterocycles. The van der Waals surface area contributed by atoms with Gasteiger partial charge < -0.3 is 4.98 Å². The predicted molar refractivity (Wildman–Crippen MR) is 153 cm³/mol. The minimum atomic E-state index is 0. The molecule has 2 nitrogen and oxygen atoms in total. The van der Waals surface area contributed by atoms with E-state index in [0.29, 0.717) is 6.04 Å². The molecule has 3 heterocycles. The molecular weight excluding hydrogens is 512 g/mol. The topological polar surface area (TPSA) is 16.8 Å². The van der Waals surface area contributed by atoms with E-state index in [4.69, 9.17) is 0 Å². The quantitative estimate of drug-likeness (QED) is 0.141. The van der Waals surface area contributed by atoms with Crippen molar-refractivity contribution in [3.8, 4) is 11.3 Å². The van der Waals surface area contributed by atoms with Gasteiger partial charge in [0.1, 0.15) is 6.04 Å². The smallest absolute Gasteiger partial charge is 0.304 e. The molecule has 2 aliphatic rings. The minimum absolute atomic E-state index is 0. The molecule has 1 atom stereocenters. The van der Waals surface area contributed by atoms with E-state index in [-0.39, 0.29) is 45.5 Å². The van der Waals surface area contributed by atoms with E-state index in [1.54, 1.807) is 11.5 Å². The molecule has 0 spiro atoms. The summed E-state index contributed by atoms with van der Waals surface area (Å²) < 4.78 is 2.43. The van der Waals surface area contributed by atoms with Crippen molar-refractivity contribution in [2.45, 2.75) is 53.0 Å². The molecule has 1 aliphatic heterocycles. The number of hydrogen-bond acceptors (Lipinski definition) is 1. The van der Waals surface area contributed by atoms with Gasteiger partial charge in [-0.15, -0.1) is 47.9 Å². The summed E-state index contributed by atoms with van der Waals surface area (Å²) in [6.45, 7) is 8.59. The van der Waals surface area contributed by atoms with Crippen molar-refractivity contribution in [2.75, 3.05) is 0 Å². The van der Waals surface area contributed by atoms with Gasteiger partial charge in [0.2, 0.25) is 0 Å². The zero-order chi connectivity index (χ0) is 24.6. The number of allylic oxidation sites excluding steroid dienone is 4. The molecule has 0 N–H and O–H groups in total. The molecular formula is C33H35N2Sr+. The van der Waals surface area contributed by atoms with Gasteiger partial charge in [-0.2, -0.15) is 11.6 Å².